The summed E-state index contributed by atoms with van der Waals surface area (Å²) in [6.45, 7) is 1.14. The Hall–Kier alpha value is -0.630. The third-order valence-electron chi connectivity index (χ3n) is 2.05. The van der Waals surface area contributed by atoms with Crippen LogP contribution in [0.15, 0.2) is 12.2 Å². The van der Waals surface area contributed by atoms with Gasteiger partial charge in [-0.25, -0.2) is 0 Å². The van der Waals surface area contributed by atoms with Crippen molar-refractivity contribution in [2.45, 2.75) is 31.7 Å². The van der Waals surface area contributed by atoms with Gasteiger partial charge in [-0.15, -0.1) is 0 Å². The first-order valence-corrected chi connectivity index (χ1v) is 4.27. The van der Waals surface area contributed by atoms with Gasteiger partial charge in [0.25, 0.3) is 0 Å². The van der Waals surface area contributed by atoms with Gasteiger partial charge in [-0.2, -0.15) is 0 Å². The van der Waals surface area contributed by atoms with Gasteiger partial charge < -0.3 is 5.32 Å². The van der Waals surface area contributed by atoms with Gasteiger partial charge in [0.1, 0.15) is 6.29 Å². The first-order chi connectivity index (χ1) is 5.43. The van der Waals surface area contributed by atoms with Gasteiger partial charge in [0.2, 0.25) is 0 Å². The van der Waals surface area contributed by atoms with E-state index in [1.165, 1.54) is 19.3 Å². The third kappa shape index (κ3) is 3.33. The molecule has 1 aliphatic heterocycles. The van der Waals surface area contributed by atoms with Crippen LogP contribution in [-0.2, 0) is 4.79 Å². The summed E-state index contributed by atoms with van der Waals surface area (Å²) in [6, 6.07) is 0.611. The van der Waals surface area contributed by atoms with Gasteiger partial charge in [0, 0.05) is 6.04 Å². The maximum atomic E-state index is 9.94. The highest BCUT2D eigenvalue weighted by molar-refractivity contribution is 5.64. The quantitative estimate of drug-likeness (QED) is 0.488. The second kappa shape index (κ2) is 5.08. The summed E-state index contributed by atoms with van der Waals surface area (Å²) in [5.41, 5.74) is 0. The first-order valence-electron chi connectivity index (χ1n) is 4.27. The van der Waals surface area contributed by atoms with Gasteiger partial charge in [-0.05, 0) is 31.9 Å². The van der Waals surface area contributed by atoms with Gasteiger partial charge in [-0.1, -0.05) is 12.5 Å². The topological polar surface area (TPSA) is 29.1 Å². The normalized spacial score (nSPS) is 25.6. The van der Waals surface area contributed by atoms with Crippen LogP contribution in [0.5, 0.6) is 0 Å². The van der Waals surface area contributed by atoms with Crippen molar-refractivity contribution in [3.8, 4) is 0 Å². The van der Waals surface area contributed by atoms with E-state index >= 15 is 0 Å². The molecule has 0 aromatic carbocycles. The van der Waals surface area contributed by atoms with Gasteiger partial charge in [-0.3, -0.25) is 4.79 Å². The van der Waals surface area contributed by atoms with Crippen molar-refractivity contribution in [1.82, 2.24) is 5.32 Å². The molecule has 1 N–H and O–H groups in total. The molecule has 2 heteroatoms. The molecule has 11 heavy (non-hydrogen) atoms. The molecule has 1 aliphatic rings. The average molecular weight is 153 g/mol. The molecular weight excluding hydrogens is 138 g/mol. The molecule has 1 atom stereocenters. The molecule has 0 radical (unpaired) electrons. The van der Waals surface area contributed by atoms with E-state index in [1.54, 1.807) is 6.08 Å². The van der Waals surface area contributed by atoms with Crippen molar-refractivity contribution in [3.63, 3.8) is 0 Å². The second-order valence-corrected chi connectivity index (χ2v) is 2.95. The predicted octanol–water partition coefficient (Wildman–Crippen LogP) is 1.27. The third-order valence-corrected chi connectivity index (χ3v) is 2.05. The monoisotopic (exact) mass is 153 g/mol. The van der Waals surface area contributed by atoms with Crippen molar-refractivity contribution in [3.05, 3.63) is 12.2 Å². The van der Waals surface area contributed by atoms with E-state index in [-0.39, 0.29) is 0 Å². The van der Waals surface area contributed by atoms with Crippen LogP contribution in [-0.4, -0.2) is 18.9 Å². The Morgan fingerprint density at radius 2 is 2.36 bits per heavy atom. The summed E-state index contributed by atoms with van der Waals surface area (Å²) in [6.07, 6.45) is 9.23. The number of carbonyl (C=O) groups excluding carboxylic acids is 1. The molecule has 2 nitrogen and oxygen atoms in total. The van der Waals surface area contributed by atoms with Gasteiger partial charge in [0.15, 0.2) is 0 Å². The van der Waals surface area contributed by atoms with Crippen molar-refractivity contribution >= 4 is 6.29 Å². The molecule has 1 rings (SSSR count). The highest BCUT2D eigenvalue weighted by Crippen LogP contribution is 2.09. The molecule has 0 spiro atoms. The van der Waals surface area contributed by atoms with Crippen LogP contribution in [0.4, 0.5) is 0 Å². The van der Waals surface area contributed by atoms with Crippen molar-refractivity contribution < 1.29 is 4.79 Å². The molecule has 62 valence electrons. The molecule has 0 aromatic heterocycles. The fourth-order valence-electron chi connectivity index (χ4n) is 1.42. The number of hydrogen-bond donors (Lipinski definition) is 1. The minimum atomic E-state index is 0.611. The van der Waals surface area contributed by atoms with E-state index in [9.17, 15) is 4.79 Å². The summed E-state index contributed by atoms with van der Waals surface area (Å²) in [5, 5.41) is 3.41. The largest absolute Gasteiger partial charge is 0.314 e. The number of hydrogen-bond acceptors (Lipinski definition) is 2. The Kier molecular flexibility index (Phi) is 3.91. The predicted molar refractivity (Wildman–Crippen MR) is 45.5 cm³/mol. The van der Waals surface area contributed by atoms with Crippen LogP contribution < -0.4 is 5.32 Å². The maximum absolute atomic E-state index is 9.94. The van der Waals surface area contributed by atoms with Crippen LogP contribution in [0.3, 0.4) is 0 Å². The minimum Gasteiger partial charge on any atom is -0.314 e. The number of piperidine rings is 1. The molecule has 1 fully saturated rings. The molecule has 0 amide bonds. The summed E-state index contributed by atoms with van der Waals surface area (Å²) in [4.78, 5) is 9.94. The Balaban J connectivity index is 2.14. The molecule has 1 heterocycles. The number of carbonyl (C=O) groups is 1. The second-order valence-electron chi connectivity index (χ2n) is 2.95. The fourth-order valence-corrected chi connectivity index (χ4v) is 1.42. The van der Waals surface area contributed by atoms with Crippen LogP contribution >= 0.6 is 0 Å². The molecule has 1 saturated heterocycles. The summed E-state index contributed by atoms with van der Waals surface area (Å²) in [5.74, 6) is 0. The lowest BCUT2D eigenvalue weighted by Gasteiger charge is -2.21. The molecule has 0 bridgehead atoms. The standard InChI is InChI=1S/C9H15NO/c11-8-4-2-6-9-5-1-3-7-10-9/h2,4,8-10H,1,3,5-7H2/b4-2-. The number of nitrogens with one attached hydrogen (secondary N) is 1. The Morgan fingerprint density at radius 3 is 3.00 bits per heavy atom. The lowest BCUT2D eigenvalue weighted by molar-refractivity contribution is -0.104. The van der Waals surface area contributed by atoms with Crippen LogP contribution in [0.1, 0.15) is 25.7 Å². The summed E-state index contributed by atoms with van der Waals surface area (Å²) >= 11 is 0. The van der Waals surface area contributed by atoms with Crippen LogP contribution in [0, 0.1) is 0 Å². The number of aldehydes is 1. The fraction of sp³-hybridized carbons (Fsp3) is 0.667. The number of rotatable bonds is 3. The van der Waals surface area contributed by atoms with E-state index in [2.05, 4.69) is 5.32 Å². The lowest BCUT2D eigenvalue weighted by Crippen LogP contribution is -2.33. The zero-order valence-electron chi connectivity index (χ0n) is 6.75. The van der Waals surface area contributed by atoms with Gasteiger partial charge >= 0.3 is 0 Å². The van der Waals surface area contributed by atoms with E-state index in [4.69, 9.17) is 0 Å². The Bertz CT molecular complexity index is 136. The van der Waals surface area contributed by atoms with Gasteiger partial charge in [0.05, 0.1) is 0 Å². The number of allylic oxidation sites excluding steroid dienone is 1. The lowest BCUT2D eigenvalue weighted by atomic mass is 10.0. The van der Waals surface area contributed by atoms with E-state index in [0.717, 1.165) is 19.3 Å². The highest BCUT2D eigenvalue weighted by atomic mass is 16.1. The minimum absolute atomic E-state index is 0.611. The van der Waals surface area contributed by atoms with Crippen molar-refractivity contribution in [1.29, 1.82) is 0 Å². The van der Waals surface area contributed by atoms with Crippen LogP contribution in [0.2, 0.25) is 0 Å². The van der Waals surface area contributed by atoms with Crippen molar-refractivity contribution in [2.24, 2.45) is 0 Å². The Labute approximate surface area is 67.7 Å². The SMILES string of the molecule is O=C/C=C\CC1CCCCN1. The van der Waals surface area contributed by atoms with E-state index < -0.39 is 0 Å². The molecule has 0 aromatic rings. The van der Waals surface area contributed by atoms with E-state index in [0.29, 0.717) is 6.04 Å². The smallest absolute Gasteiger partial charge is 0.142 e. The van der Waals surface area contributed by atoms with Crippen molar-refractivity contribution in [2.75, 3.05) is 6.54 Å². The zero-order chi connectivity index (χ0) is 7.94. The first kappa shape index (κ1) is 8.47. The van der Waals surface area contributed by atoms with Crippen LogP contribution in [0.25, 0.3) is 0 Å². The zero-order valence-corrected chi connectivity index (χ0v) is 6.75. The summed E-state index contributed by atoms with van der Waals surface area (Å²) < 4.78 is 0. The van der Waals surface area contributed by atoms with E-state index in [1.807, 2.05) is 6.08 Å². The molecular formula is C9H15NO. The molecule has 1 unspecified atom stereocenters. The highest BCUT2D eigenvalue weighted by Gasteiger charge is 2.09. The maximum Gasteiger partial charge on any atom is 0.142 e. The Morgan fingerprint density at radius 1 is 1.45 bits per heavy atom. The summed E-state index contributed by atoms with van der Waals surface area (Å²) in [7, 11) is 0. The molecule has 0 aliphatic carbocycles. The average Bonchev–Trinajstić information content (AvgIpc) is 2.07. The molecule has 0 saturated carbocycles.